The number of carbonyl (C=O) groups excluding carboxylic acids is 3. The van der Waals surface area contributed by atoms with E-state index >= 15 is 0 Å². The lowest BCUT2D eigenvalue weighted by Gasteiger charge is -2.11. The number of Topliss-reactive ketones (excluding diaryl/α,β-unsaturated/α-hetero) is 2. The van der Waals surface area contributed by atoms with Gasteiger partial charge in [-0.15, -0.1) is 0 Å². The van der Waals surface area contributed by atoms with E-state index in [9.17, 15) is 14.4 Å². The molecule has 0 aromatic heterocycles. The maximum atomic E-state index is 12.3. The standard InChI is InChI=1S/C18H16O3/c1-12(19)17(13(2)20)14-8-10-16(11-9-14)18(21)15-6-4-3-5-7-15/h3-11,17H,1-2H3. The Balaban J connectivity index is 2.29. The number of hydrogen-bond acceptors (Lipinski definition) is 3. The number of ketones is 3. The molecule has 3 nitrogen and oxygen atoms in total. The van der Waals surface area contributed by atoms with Gasteiger partial charge >= 0.3 is 0 Å². The zero-order chi connectivity index (χ0) is 15.4. The summed E-state index contributed by atoms with van der Waals surface area (Å²) in [5.74, 6) is -1.20. The van der Waals surface area contributed by atoms with Crippen molar-refractivity contribution >= 4 is 17.3 Å². The molecule has 0 amide bonds. The van der Waals surface area contributed by atoms with E-state index in [2.05, 4.69) is 0 Å². The summed E-state index contributed by atoms with van der Waals surface area (Å²) in [4.78, 5) is 35.3. The molecule has 0 atom stereocenters. The van der Waals surface area contributed by atoms with Gasteiger partial charge in [0.25, 0.3) is 0 Å². The zero-order valence-corrected chi connectivity index (χ0v) is 12.0. The summed E-state index contributed by atoms with van der Waals surface area (Å²) in [5, 5.41) is 0. The zero-order valence-electron chi connectivity index (χ0n) is 12.0. The third-order valence-electron chi connectivity index (χ3n) is 3.36. The van der Waals surface area contributed by atoms with Crippen molar-refractivity contribution in [3.8, 4) is 0 Å². The molecule has 0 bridgehead atoms. The summed E-state index contributed by atoms with van der Waals surface area (Å²) in [7, 11) is 0. The molecular formula is C18H16O3. The number of rotatable bonds is 5. The average molecular weight is 280 g/mol. The molecule has 21 heavy (non-hydrogen) atoms. The lowest BCUT2D eigenvalue weighted by atomic mass is 9.90. The molecule has 0 saturated heterocycles. The van der Waals surface area contributed by atoms with Gasteiger partial charge in [-0.25, -0.2) is 0 Å². The van der Waals surface area contributed by atoms with Crippen molar-refractivity contribution in [2.24, 2.45) is 0 Å². The van der Waals surface area contributed by atoms with Crippen molar-refractivity contribution < 1.29 is 14.4 Å². The lowest BCUT2D eigenvalue weighted by Crippen LogP contribution is -2.17. The normalized spacial score (nSPS) is 10.4. The second kappa shape index (κ2) is 6.27. The van der Waals surface area contributed by atoms with Gasteiger partial charge in [0.15, 0.2) is 5.78 Å². The molecule has 0 aliphatic rings. The summed E-state index contributed by atoms with van der Waals surface area (Å²) in [6.07, 6.45) is 0. The summed E-state index contributed by atoms with van der Waals surface area (Å²) < 4.78 is 0. The van der Waals surface area contributed by atoms with Crippen molar-refractivity contribution in [1.29, 1.82) is 0 Å². The Morgan fingerprint density at radius 2 is 1.19 bits per heavy atom. The van der Waals surface area contributed by atoms with Gasteiger partial charge in [-0.3, -0.25) is 14.4 Å². The Bertz CT molecular complexity index is 655. The Kier molecular flexibility index (Phi) is 4.43. The molecule has 2 rings (SSSR count). The first kappa shape index (κ1) is 14.9. The highest BCUT2D eigenvalue weighted by molar-refractivity contribution is 6.09. The SMILES string of the molecule is CC(=O)C(C(C)=O)c1ccc(C(=O)c2ccccc2)cc1. The molecule has 3 heteroatoms. The van der Waals surface area contributed by atoms with Gasteiger partial charge in [0.2, 0.25) is 0 Å². The molecule has 0 heterocycles. The topological polar surface area (TPSA) is 51.2 Å². The van der Waals surface area contributed by atoms with Gasteiger partial charge in [0.1, 0.15) is 17.5 Å². The van der Waals surface area contributed by atoms with Crippen LogP contribution in [-0.4, -0.2) is 17.3 Å². The van der Waals surface area contributed by atoms with Gasteiger partial charge in [-0.2, -0.15) is 0 Å². The highest BCUT2D eigenvalue weighted by Crippen LogP contribution is 2.20. The largest absolute Gasteiger partial charge is 0.299 e. The minimum atomic E-state index is -0.745. The van der Waals surface area contributed by atoms with Gasteiger partial charge in [-0.1, -0.05) is 54.6 Å². The van der Waals surface area contributed by atoms with Gasteiger partial charge in [0, 0.05) is 11.1 Å². The van der Waals surface area contributed by atoms with E-state index in [-0.39, 0.29) is 17.3 Å². The predicted octanol–water partition coefficient (Wildman–Crippen LogP) is 3.18. The molecule has 0 aliphatic carbocycles. The average Bonchev–Trinajstić information content (AvgIpc) is 2.47. The van der Waals surface area contributed by atoms with E-state index in [1.165, 1.54) is 13.8 Å². The van der Waals surface area contributed by atoms with E-state index in [0.717, 1.165) is 0 Å². The summed E-state index contributed by atoms with van der Waals surface area (Å²) in [6, 6.07) is 15.6. The van der Waals surface area contributed by atoms with Gasteiger partial charge < -0.3 is 0 Å². The lowest BCUT2D eigenvalue weighted by molar-refractivity contribution is -0.126. The maximum Gasteiger partial charge on any atom is 0.193 e. The van der Waals surface area contributed by atoms with Gasteiger partial charge in [-0.05, 0) is 19.4 Å². The van der Waals surface area contributed by atoms with Crippen LogP contribution in [0.15, 0.2) is 54.6 Å². The Morgan fingerprint density at radius 1 is 0.714 bits per heavy atom. The van der Waals surface area contributed by atoms with Crippen molar-refractivity contribution in [3.63, 3.8) is 0 Å². The van der Waals surface area contributed by atoms with Crippen LogP contribution in [0.1, 0.15) is 41.3 Å². The highest BCUT2D eigenvalue weighted by atomic mass is 16.1. The minimum absolute atomic E-state index is 0.0793. The number of benzene rings is 2. The molecule has 106 valence electrons. The number of hydrogen-bond donors (Lipinski definition) is 0. The molecule has 0 saturated carbocycles. The molecule has 2 aromatic carbocycles. The van der Waals surface area contributed by atoms with Crippen LogP contribution in [0, 0.1) is 0 Å². The second-order valence-electron chi connectivity index (χ2n) is 4.97. The molecule has 0 spiro atoms. The van der Waals surface area contributed by atoms with Crippen molar-refractivity contribution in [1.82, 2.24) is 0 Å². The van der Waals surface area contributed by atoms with E-state index in [4.69, 9.17) is 0 Å². The highest BCUT2D eigenvalue weighted by Gasteiger charge is 2.21. The summed E-state index contributed by atoms with van der Waals surface area (Å²) in [6.45, 7) is 2.80. The van der Waals surface area contributed by atoms with Gasteiger partial charge in [0.05, 0.1) is 0 Å². The minimum Gasteiger partial charge on any atom is -0.299 e. The van der Waals surface area contributed by atoms with E-state index in [1.807, 2.05) is 18.2 Å². The third-order valence-corrected chi connectivity index (χ3v) is 3.36. The predicted molar refractivity (Wildman–Crippen MR) is 80.4 cm³/mol. The fourth-order valence-electron chi connectivity index (χ4n) is 2.34. The van der Waals surface area contributed by atoms with E-state index in [0.29, 0.717) is 16.7 Å². The van der Waals surface area contributed by atoms with Crippen LogP contribution in [0.2, 0.25) is 0 Å². The van der Waals surface area contributed by atoms with E-state index < -0.39 is 5.92 Å². The second-order valence-corrected chi connectivity index (χ2v) is 4.97. The molecule has 2 aromatic rings. The molecule has 0 aliphatic heterocycles. The molecule has 0 radical (unpaired) electrons. The summed E-state index contributed by atoms with van der Waals surface area (Å²) in [5.41, 5.74) is 1.77. The Labute approximate surface area is 123 Å². The monoisotopic (exact) mass is 280 g/mol. The van der Waals surface area contributed by atoms with Crippen LogP contribution in [0.4, 0.5) is 0 Å². The molecule has 0 N–H and O–H groups in total. The molecule has 0 fully saturated rings. The maximum absolute atomic E-state index is 12.3. The van der Waals surface area contributed by atoms with Crippen LogP contribution in [-0.2, 0) is 9.59 Å². The van der Waals surface area contributed by atoms with Crippen LogP contribution in [0.5, 0.6) is 0 Å². The Morgan fingerprint density at radius 3 is 1.67 bits per heavy atom. The van der Waals surface area contributed by atoms with Crippen molar-refractivity contribution in [2.75, 3.05) is 0 Å². The van der Waals surface area contributed by atoms with Crippen LogP contribution in [0.3, 0.4) is 0 Å². The summed E-state index contributed by atoms with van der Waals surface area (Å²) >= 11 is 0. The van der Waals surface area contributed by atoms with Crippen molar-refractivity contribution in [3.05, 3.63) is 71.3 Å². The van der Waals surface area contributed by atoms with E-state index in [1.54, 1.807) is 36.4 Å². The third kappa shape index (κ3) is 3.31. The molecule has 0 unspecified atom stereocenters. The smallest absolute Gasteiger partial charge is 0.193 e. The van der Waals surface area contributed by atoms with Crippen LogP contribution >= 0.6 is 0 Å². The van der Waals surface area contributed by atoms with Crippen LogP contribution < -0.4 is 0 Å². The van der Waals surface area contributed by atoms with Crippen LogP contribution in [0.25, 0.3) is 0 Å². The Hall–Kier alpha value is -2.55. The fourth-order valence-corrected chi connectivity index (χ4v) is 2.34. The first-order valence-electron chi connectivity index (χ1n) is 6.71. The first-order valence-corrected chi connectivity index (χ1v) is 6.71. The van der Waals surface area contributed by atoms with Crippen molar-refractivity contribution in [2.45, 2.75) is 19.8 Å². The fraction of sp³-hybridized carbons (Fsp3) is 0.167. The first-order chi connectivity index (χ1) is 10.0. The number of carbonyl (C=O) groups is 3. The molecular weight excluding hydrogens is 264 g/mol. The quantitative estimate of drug-likeness (QED) is 0.624.